The molecule has 2 heterocycles. The predicted octanol–water partition coefficient (Wildman–Crippen LogP) is 3.38. The first kappa shape index (κ1) is 20.1. The van der Waals surface area contributed by atoms with Crippen LogP contribution in [0, 0.1) is 0 Å². The number of carbonyl (C=O) groups is 1. The van der Waals surface area contributed by atoms with Gasteiger partial charge in [0.1, 0.15) is 17.4 Å². The Morgan fingerprint density at radius 2 is 1.67 bits per heavy atom. The Balaban J connectivity index is 1.43. The van der Waals surface area contributed by atoms with E-state index in [1.165, 1.54) is 21.3 Å². The van der Waals surface area contributed by atoms with Crippen molar-refractivity contribution in [2.75, 3.05) is 46.4 Å². The van der Waals surface area contributed by atoms with Crippen LogP contribution in [0.4, 0.5) is 5.13 Å². The Labute approximate surface area is 177 Å². The lowest BCUT2D eigenvalue weighted by atomic mass is 10.1. The Hall–Kier alpha value is -3.20. The van der Waals surface area contributed by atoms with E-state index in [1.807, 2.05) is 18.2 Å². The third-order valence-corrected chi connectivity index (χ3v) is 5.96. The summed E-state index contributed by atoms with van der Waals surface area (Å²) in [5, 5.41) is 0.884. The summed E-state index contributed by atoms with van der Waals surface area (Å²) < 4.78 is 28.0. The number of ether oxygens (including phenoxy) is 5. The molecule has 0 radical (unpaired) electrons. The van der Waals surface area contributed by atoms with E-state index in [2.05, 4.69) is 9.88 Å². The molecule has 4 rings (SSSR count). The van der Waals surface area contributed by atoms with Crippen molar-refractivity contribution in [3.05, 3.63) is 35.9 Å². The maximum absolute atomic E-state index is 12.6. The highest BCUT2D eigenvalue weighted by Crippen LogP contribution is 2.39. The maximum Gasteiger partial charge on any atom is 0.338 e. The number of nitrogens with zero attached hydrogens (tertiary/aromatic N) is 2. The van der Waals surface area contributed by atoms with Gasteiger partial charge in [-0.2, -0.15) is 0 Å². The second-order valence-corrected chi connectivity index (χ2v) is 7.66. The quantitative estimate of drug-likeness (QED) is 0.528. The molecule has 8 nitrogen and oxygen atoms in total. The second kappa shape index (κ2) is 8.27. The van der Waals surface area contributed by atoms with Gasteiger partial charge in [-0.05, 0) is 24.3 Å². The Bertz CT molecular complexity index is 1050. The lowest BCUT2D eigenvalue weighted by molar-refractivity contribution is 0.0233. The topological polar surface area (TPSA) is 79.4 Å². The van der Waals surface area contributed by atoms with Gasteiger partial charge in [-0.15, -0.1) is 0 Å². The Kier molecular flexibility index (Phi) is 5.54. The average Bonchev–Trinajstić information content (AvgIpc) is 3.18. The fraction of sp³-hybridized carbons (Fsp3) is 0.333. The van der Waals surface area contributed by atoms with E-state index in [9.17, 15) is 4.79 Å². The fourth-order valence-corrected chi connectivity index (χ4v) is 4.30. The Morgan fingerprint density at radius 1 is 1.00 bits per heavy atom. The highest BCUT2D eigenvalue weighted by atomic mass is 32.1. The molecule has 0 spiro atoms. The minimum absolute atomic E-state index is 0.217. The van der Waals surface area contributed by atoms with Gasteiger partial charge in [0.25, 0.3) is 0 Å². The molecule has 0 atom stereocenters. The van der Waals surface area contributed by atoms with Crippen molar-refractivity contribution < 1.29 is 28.5 Å². The third kappa shape index (κ3) is 3.56. The van der Waals surface area contributed by atoms with Crippen molar-refractivity contribution >= 4 is 32.7 Å². The van der Waals surface area contributed by atoms with Gasteiger partial charge in [0.05, 0.1) is 51.8 Å². The molecule has 2 aromatic carbocycles. The van der Waals surface area contributed by atoms with E-state index in [0.717, 1.165) is 21.1 Å². The van der Waals surface area contributed by atoms with Gasteiger partial charge in [0, 0.05) is 0 Å². The number of para-hydroxylation sites is 1. The molecule has 1 fully saturated rings. The van der Waals surface area contributed by atoms with E-state index >= 15 is 0 Å². The predicted molar refractivity (Wildman–Crippen MR) is 114 cm³/mol. The summed E-state index contributed by atoms with van der Waals surface area (Å²) in [6, 6.07) is 9.02. The highest BCUT2D eigenvalue weighted by Gasteiger charge is 2.33. The summed E-state index contributed by atoms with van der Waals surface area (Å²) in [6.07, 6.45) is -0.217. The average molecular weight is 430 g/mol. The highest BCUT2D eigenvalue weighted by molar-refractivity contribution is 7.22. The number of hydrogen-bond donors (Lipinski definition) is 0. The molecule has 0 bridgehead atoms. The van der Waals surface area contributed by atoms with E-state index in [4.69, 9.17) is 23.7 Å². The van der Waals surface area contributed by atoms with Crippen LogP contribution in [0.5, 0.6) is 23.0 Å². The molecule has 0 unspecified atom stereocenters. The zero-order valence-corrected chi connectivity index (χ0v) is 17.9. The zero-order chi connectivity index (χ0) is 21.3. The molecule has 1 saturated heterocycles. The van der Waals surface area contributed by atoms with Crippen LogP contribution in [0.25, 0.3) is 10.2 Å². The van der Waals surface area contributed by atoms with Crippen molar-refractivity contribution in [3.8, 4) is 23.0 Å². The molecule has 0 saturated carbocycles. The minimum Gasteiger partial charge on any atom is -0.494 e. The lowest BCUT2D eigenvalue weighted by Gasteiger charge is -2.38. The number of methoxy groups -OCH3 is 4. The van der Waals surface area contributed by atoms with Crippen molar-refractivity contribution in [3.63, 3.8) is 0 Å². The van der Waals surface area contributed by atoms with Crippen LogP contribution in [0.3, 0.4) is 0 Å². The lowest BCUT2D eigenvalue weighted by Crippen LogP contribution is -2.53. The van der Waals surface area contributed by atoms with Crippen LogP contribution < -0.4 is 23.8 Å². The monoisotopic (exact) mass is 430 g/mol. The largest absolute Gasteiger partial charge is 0.494 e. The number of aromatic nitrogens is 1. The summed E-state index contributed by atoms with van der Waals surface area (Å²) in [6.45, 7) is 1.16. The van der Waals surface area contributed by atoms with E-state index in [1.54, 1.807) is 30.6 Å². The first-order valence-corrected chi connectivity index (χ1v) is 10.1. The van der Waals surface area contributed by atoms with Crippen LogP contribution in [0.15, 0.2) is 30.3 Å². The van der Waals surface area contributed by atoms with Crippen LogP contribution in [-0.2, 0) is 4.74 Å². The number of esters is 1. The van der Waals surface area contributed by atoms with Crippen molar-refractivity contribution in [2.24, 2.45) is 0 Å². The molecule has 0 aliphatic carbocycles. The first-order chi connectivity index (χ1) is 14.6. The fourth-order valence-electron chi connectivity index (χ4n) is 3.30. The van der Waals surface area contributed by atoms with Crippen molar-refractivity contribution in [1.29, 1.82) is 0 Å². The van der Waals surface area contributed by atoms with Crippen molar-refractivity contribution in [2.45, 2.75) is 6.10 Å². The summed E-state index contributed by atoms with van der Waals surface area (Å²) >= 11 is 1.59. The molecule has 1 aromatic heterocycles. The van der Waals surface area contributed by atoms with Gasteiger partial charge in [-0.25, -0.2) is 9.78 Å². The molecule has 0 amide bonds. The molecular formula is C21H22N2O6S. The SMILES string of the molecule is COc1cc(C(=O)OC2CN(c3nc4c(OC)cccc4s3)C2)cc(OC)c1OC. The first-order valence-electron chi connectivity index (χ1n) is 9.27. The molecule has 30 heavy (non-hydrogen) atoms. The van der Waals surface area contributed by atoms with Gasteiger partial charge < -0.3 is 28.6 Å². The van der Waals surface area contributed by atoms with E-state index < -0.39 is 5.97 Å². The van der Waals surface area contributed by atoms with Crippen LogP contribution in [0.1, 0.15) is 10.4 Å². The number of anilines is 1. The van der Waals surface area contributed by atoms with Gasteiger partial charge in [0.2, 0.25) is 5.75 Å². The smallest absolute Gasteiger partial charge is 0.338 e. The zero-order valence-electron chi connectivity index (χ0n) is 17.1. The maximum atomic E-state index is 12.6. The second-order valence-electron chi connectivity index (χ2n) is 6.65. The van der Waals surface area contributed by atoms with E-state index in [-0.39, 0.29) is 6.10 Å². The third-order valence-electron chi connectivity index (χ3n) is 4.88. The van der Waals surface area contributed by atoms with E-state index in [0.29, 0.717) is 35.9 Å². The molecule has 3 aromatic rings. The molecule has 1 aliphatic heterocycles. The molecule has 9 heteroatoms. The molecular weight excluding hydrogens is 408 g/mol. The number of hydrogen-bond acceptors (Lipinski definition) is 9. The summed E-state index contributed by atoms with van der Waals surface area (Å²) in [4.78, 5) is 19.4. The normalized spacial score (nSPS) is 13.7. The van der Waals surface area contributed by atoms with Crippen LogP contribution >= 0.6 is 11.3 Å². The Morgan fingerprint density at radius 3 is 2.27 bits per heavy atom. The molecule has 0 N–H and O–H groups in total. The number of thiazole rings is 1. The van der Waals surface area contributed by atoms with Gasteiger partial charge in [-0.3, -0.25) is 0 Å². The number of benzene rings is 2. The van der Waals surface area contributed by atoms with Crippen LogP contribution in [-0.4, -0.2) is 58.6 Å². The van der Waals surface area contributed by atoms with Gasteiger partial charge in [-0.1, -0.05) is 17.4 Å². The number of fused-ring (bicyclic) bond motifs is 1. The minimum atomic E-state index is -0.440. The number of rotatable bonds is 7. The standard InChI is InChI=1S/C21H22N2O6S/c1-25-14-6-5-7-17-18(14)22-21(30-17)23-10-13(11-23)29-20(24)12-8-15(26-2)19(28-4)16(9-12)27-3/h5-9,13H,10-11H2,1-4H3. The summed E-state index contributed by atoms with van der Waals surface area (Å²) in [7, 11) is 6.15. The van der Waals surface area contributed by atoms with Crippen molar-refractivity contribution in [1.82, 2.24) is 4.98 Å². The van der Waals surface area contributed by atoms with Crippen LogP contribution in [0.2, 0.25) is 0 Å². The van der Waals surface area contributed by atoms with Gasteiger partial charge >= 0.3 is 5.97 Å². The summed E-state index contributed by atoms with van der Waals surface area (Å²) in [5.74, 6) is 1.55. The summed E-state index contributed by atoms with van der Waals surface area (Å²) in [5.41, 5.74) is 1.19. The van der Waals surface area contributed by atoms with Gasteiger partial charge in [0.15, 0.2) is 16.6 Å². The molecule has 158 valence electrons. The number of carbonyl (C=O) groups excluding carboxylic acids is 1. The molecule has 1 aliphatic rings.